The molecule has 0 amide bonds. The SMILES string of the molecule is N=CCCC1(C(=O)c2nccs2)CC(=CN)C(=Nc2ccc(F)cc2)C=C1CCSN. The molecule has 1 aliphatic carbocycles. The van der Waals surface area contributed by atoms with Crippen molar-refractivity contribution in [3.8, 4) is 0 Å². The minimum absolute atomic E-state index is 0.0715. The molecule has 1 aliphatic rings. The Morgan fingerprint density at radius 1 is 1.39 bits per heavy atom. The molecular formula is C22H24FN5OS2. The maximum absolute atomic E-state index is 13.7. The monoisotopic (exact) mass is 457 g/mol. The minimum Gasteiger partial charge on any atom is -0.404 e. The molecule has 1 unspecified atom stereocenters. The lowest BCUT2D eigenvalue weighted by atomic mass is 9.64. The second-order valence-electron chi connectivity index (χ2n) is 7.12. The van der Waals surface area contributed by atoms with Crippen LogP contribution in [0.15, 0.2) is 64.3 Å². The van der Waals surface area contributed by atoms with Crippen molar-refractivity contribution >= 4 is 46.7 Å². The Bertz CT molecular complexity index is 1020. The number of nitrogens with zero attached hydrogens (tertiary/aromatic N) is 2. The van der Waals surface area contributed by atoms with Crippen LogP contribution in [0.2, 0.25) is 0 Å². The van der Waals surface area contributed by atoms with E-state index in [0.29, 0.717) is 47.8 Å². The summed E-state index contributed by atoms with van der Waals surface area (Å²) in [5.41, 5.74) is 7.96. The van der Waals surface area contributed by atoms with Crippen LogP contribution in [0.25, 0.3) is 0 Å². The van der Waals surface area contributed by atoms with Crippen molar-refractivity contribution in [3.63, 3.8) is 0 Å². The zero-order valence-corrected chi connectivity index (χ0v) is 18.5. The van der Waals surface area contributed by atoms with Crippen LogP contribution in [-0.2, 0) is 0 Å². The van der Waals surface area contributed by atoms with Gasteiger partial charge in [-0.3, -0.25) is 9.93 Å². The Kier molecular flexibility index (Phi) is 7.89. The summed E-state index contributed by atoms with van der Waals surface area (Å²) in [5.74, 6) is 0.227. The van der Waals surface area contributed by atoms with E-state index < -0.39 is 5.41 Å². The quantitative estimate of drug-likeness (QED) is 0.283. The van der Waals surface area contributed by atoms with Crippen LogP contribution in [0.1, 0.15) is 35.5 Å². The number of rotatable bonds is 9. The second-order valence-corrected chi connectivity index (χ2v) is 8.76. The Labute approximate surface area is 189 Å². The fraction of sp³-hybridized carbons (Fsp3) is 0.273. The fourth-order valence-electron chi connectivity index (χ4n) is 3.76. The summed E-state index contributed by atoms with van der Waals surface area (Å²) in [6.45, 7) is 0. The van der Waals surface area contributed by atoms with Gasteiger partial charge in [-0.2, -0.15) is 0 Å². The zero-order valence-electron chi connectivity index (χ0n) is 16.9. The molecule has 5 N–H and O–H groups in total. The van der Waals surface area contributed by atoms with Crippen molar-refractivity contribution in [2.75, 3.05) is 5.75 Å². The smallest absolute Gasteiger partial charge is 0.201 e. The molecule has 0 spiro atoms. The molecule has 0 fully saturated rings. The number of carbonyl (C=O) groups is 1. The predicted molar refractivity (Wildman–Crippen MR) is 127 cm³/mol. The zero-order chi connectivity index (χ0) is 22.3. The van der Waals surface area contributed by atoms with Crippen LogP contribution in [-0.4, -0.2) is 28.4 Å². The van der Waals surface area contributed by atoms with E-state index in [4.69, 9.17) is 16.3 Å². The molecule has 1 heterocycles. The molecule has 31 heavy (non-hydrogen) atoms. The van der Waals surface area contributed by atoms with Gasteiger partial charge >= 0.3 is 0 Å². The first-order valence-electron chi connectivity index (χ1n) is 9.75. The number of hydrogen-bond acceptors (Lipinski definition) is 8. The first-order valence-corrected chi connectivity index (χ1v) is 11.7. The molecule has 3 rings (SSSR count). The maximum Gasteiger partial charge on any atom is 0.201 e. The van der Waals surface area contributed by atoms with E-state index in [9.17, 15) is 9.18 Å². The largest absolute Gasteiger partial charge is 0.404 e. The molecule has 0 saturated carbocycles. The fourth-order valence-corrected chi connectivity index (χ4v) is 4.77. The topological polar surface area (TPSA) is 118 Å². The average molecular weight is 458 g/mol. The number of nitrogens with two attached hydrogens (primary N) is 2. The number of aromatic nitrogens is 1. The van der Waals surface area contributed by atoms with Crippen LogP contribution in [0, 0.1) is 16.6 Å². The number of benzene rings is 1. The summed E-state index contributed by atoms with van der Waals surface area (Å²) >= 11 is 2.52. The van der Waals surface area contributed by atoms with Gasteiger partial charge in [0.05, 0.1) is 16.8 Å². The molecule has 1 atom stereocenters. The molecule has 6 nitrogen and oxygen atoms in total. The van der Waals surface area contributed by atoms with Gasteiger partial charge in [0.25, 0.3) is 0 Å². The predicted octanol–water partition coefficient (Wildman–Crippen LogP) is 4.82. The summed E-state index contributed by atoms with van der Waals surface area (Å²) in [5, 5.41) is 15.4. The summed E-state index contributed by atoms with van der Waals surface area (Å²) in [6.07, 6.45) is 8.18. The average Bonchev–Trinajstić information content (AvgIpc) is 3.33. The highest BCUT2D eigenvalue weighted by molar-refractivity contribution is 7.97. The minimum atomic E-state index is -0.863. The molecule has 0 radical (unpaired) electrons. The number of ketones is 1. The highest BCUT2D eigenvalue weighted by Gasteiger charge is 2.45. The van der Waals surface area contributed by atoms with Gasteiger partial charge in [0, 0.05) is 17.3 Å². The molecule has 0 bridgehead atoms. The number of halogens is 1. The van der Waals surface area contributed by atoms with Gasteiger partial charge in [-0.15, -0.1) is 11.3 Å². The van der Waals surface area contributed by atoms with E-state index in [2.05, 4.69) is 9.98 Å². The molecule has 0 saturated heterocycles. The lowest BCUT2D eigenvalue weighted by Crippen LogP contribution is -2.38. The van der Waals surface area contributed by atoms with Crippen LogP contribution in [0.5, 0.6) is 0 Å². The maximum atomic E-state index is 13.7. The van der Waals surface area contributed by atoms with Crippen molar-refractivity contribution in [1.82, 2.24) is 4.98 Å². The normalized spacial score (nSPS) is 21.3. The first-order chi connectivity index (χ1) is 15.0. The van der Waals surface area contributed by atoms with Crippen LogP contribution < -0.4 is 10.9 Å². The van der Waals surface area contributed by atoms with Crippen LogP contribution >= 0.6 is 23.3 Å². The number of allylic oxidation sites excluding steroid dienone is 3. The highest BCUT2D eigenvalue weighted by atomic mass is 32.2. The van der Waals surface area contributed by atoms with Crippen molar-refractivity contribution in [1.29, 1.82) is 5.41 Å². The molecule has 0 aliphatic heterocycles. The van der Waals surface area contributed by atoms with Gasteiger partial charge in [-0.05, 0) is 74.0 Å². The van der Waals surface area contributed by atoms with E-state index >= 15 is 0 Å². The molecule has 162 valence electrons. The van der Waals surface area contributed by atoms with E-state index in [1.807, 2.05) is 6.08 Å². The molecule has 2 aromatic rings. The van der Waals surface area contributed by atoms with E-state index in [1.165, 1.54) is 47.8 Å². The van der Waals surface area contributed by atoms with Gasteiger partial charge in [-0.25, -0.2) is 14.4 Å². The Balaban J connectivity index is 2.14. The number of Topliss-reactive ketones (excluding diaryl/α,β-unsaturated/α-hetero) is 1. The number of aliphatic imine (C=N–C) groups is 1. The van der Waals surface area contributed by atoms with E-state index in [1.54, 1.807) is 23.7 Å². The van der Waals surface area contributed by atoms with Crippen molar-refractivity contribution in [2.45, 2.75) is 25.7 Å². The van der Waals surface area contributed by atoms with Crippen LogP contribution in [0.4, 0.5) is 10.1 Å². The van der Waals surface area contributed by atoms with Gasteiger partial charge < -0.3 is 11.1 Å². The molecule has 1 aromatic carbocycles. The highest BCUT2D eigenvalue weighted by Crippen LogP contribution is 2.47. The standard InChI is InChI=1S/C22H24FN5OS2/c23-17-2-4-18(5-3-17)28-19-12-16(6-10-31-26)22(7-1-8-24,13-15(19)14-25)20(29)21-27-9-11-30-21/h2-5,8-9,11-12,14,24H,1,6-7,10,13,25-26H2. The first kappa shape index (κ1) is 23.1. The third kappa shape index (κ3) is 5.17. The molecular weight excluding hydrogens is 433 g/mol. The number of nitrogens with one attached hydrogen (secondary N) is 1. The van der Waals surface area contributed by atoms with Gasteiger partial charge in [0.15, 0.2) is 5.01 Å². The van der Waals surface area contributed by atoms with Crippen molar-refractivity contribution < 1.29 is 9.18 Å². The Hall–Kier alpha value is -2.62. The lowest BCUT2D eigenvalue weighted by molar-refractivity contribution is 0.0824. The number of carbonyl (C=O) groups excluding carboxylic acids is 1. The number of thiazole rings is 1. The van der Waals surface area contributed by atoms with Gasteiger partial charge in [0.2, 0.25) is 5.78 Å². The second kappa shape index (κ2) is 10.6. The van der Waals surface area contributed by atoms with Crippen LogP contribution in [0.3, 0.4) is 0 Å². The van der Waals surface area contributed by atoms with E-state index in [0.717, 1.165) is 11.1 Å². The Morgan fingerprint density at radius 2 is 2.16 bits per heavy atom. The Morgan fingerprint density at radius 3 is 2.77 bits per heavy atom. The summed E-state index contributed by atoms with van der Waals surface area (Å²) in [4.78, 5) is 22.6. The number of hydrogen-bond donors (Lipinski definition) is 3. The van der Waals surface area contributed by atoms with Crippen molar-refractivity contribution in [2.24, 2.45) is 21.3 Å². The molecule has 1 aromatic heterocycles. The third-order valence-electron chi connectivity index (χ3n) is 5.29. The van der Waals surface area contributed by atoms with Gasteiger partial charge in [-0.1, -0.05) is 17.5 Å². The van der Waals surface area contributed by atoms with E-state index in [-0.39, 0.29) is 11.6 Å². The summed E-state index contributed by atoms with van der Waals surface area (Å²) < 4.78 is 13.3. The van der Waals surface area contributed by atoms with Crippen molar-refractivity contribution in [3.05, 3.63) is 70.1 Å². The lowest BCUT2D eigenvalue weighted by Gasteiger charge is -2.38. The molecule has 9 heteroatoms. The summed E-state index contributed by atoms with van der Waals surface area (Å²) in [6, 6.07) is 5.89. The van der Waals surface area contributed by atoms with Gasteiger partial charge in [0.1, 0.15) is 5.82 Å². The summed E-state index contributed by atoms with van der Waals surface area (Å²) in [7, 11) is 0. The third-order valence-corrected chi connectivity index (χ3v) is 6.50.